The first-order valence-corrected chi connectivity index (χ1v) is 6.28. The second-order valence-corrected chi connectivity index (χ2v) is 4.70. The van der Waals surface area contributed by atoms with E-state index < -0.39 is 6.04 Å². The second kappa shape index (κ2) is 4.86. The predicted molar refractivity (Wildman–Crippen MR) is 76.2 cm³/mol. The van der Waals surface area contributed by atoms with Crippen molar-refractivity contribution >= 4 is 16.7 Å². The summed E-state index contributed by atoms with van der Waals surface area (Å²) >= 11 is 0. The summed E-state index contributed by atoms with van der Waals surface area (Å²) in [4.78, 5) is 16.7. The third-order valence-electron chi connectivity index (χ3n) is 3.26. The maximum atomic E-state index is 12.4. The molecule has 2 aromatic heterocycles. The van der Waals surface area contributed by atoms with Gasteiger partial charge in [-0.2, -0.15) is 5.10 Å². The van der Waals surface area contributed by atoms with Gasteiger partial charge in [-0.25, -0.2) is 0 Å². The normalized spacial score (nSPS) is 12.5. The number of benzene rings is 1. The zero-order valence-corrected chi connectivity index (χ0v) is 11.0. The highest BCUT2D eigenvalue weighted by atomic mass is 16.1. The SMILES string of the molecule is Cn1cc(C(N)C(=O)c2ccc3cccnc3c2)cn1. The van der Waals surface area contributed by atoms with Gasteiger partial charge in [0.2, 0.25) is 0 Å². The summed E-state index contributed by atoms with van der Waals surface area (Å²) in [6.07, 6.45) is 5.07. The molecular formula is C15H14N4O. The number of fused-ring (bicyclic) bond motifs is 1. The van der Waals surface area contributed by atoms with Crippen molar-refractivity contribution in [2.24, 2.45) is 12.8 Å². The Bertz CT molecular complexity index is 778. The molecular weight excluding hydrogens is 252 g/mol. The Morgan fingerprint density at radius 3 is 2.95 bits per heavy atom. The fourth-order valence-corrected chi connectivity index (χ4v) is 2.15. The summed E-state index contributed by atoms with van der Waals surface area (Å²) < 4.78 is 1.63. The number of nitrogens with two attached hydrogens (primary N) is 1. The van der Waals surface area contributed by atoms with Crippen molar-refractivity contribution in [2.75, 3.05) is 0 Å². The van der Waals surface area contributed by atoms with Crippen molar-refractivity contribution in [2.45, 2.75) is 6.04 Å². The standard InChI is InChI=1S/C15H14N4O/c1-19-9-12(8-18-19)14(16)15(20)11-5-4-10-3-2-6-17-13(10)7-11/h2-9,14H,16H2,1H3. The summed E-state index contributed by atoms with van der Waals surface area (Å²) in [5, 5.41) is 5.03. The molecule has 0 fully saturated rings. The molecule has 0 saturated heterocycles. The smallest absolute Gasteiger partial charge is 0.184 e. The summed E-state index contributed by atoms with van der Waals surface area (Å²) in [5.41, 5.74) is 8.06. The van der Waals surface area contributed by atoms with Gasteiger partial charge in [0.25, 0.3) is 0 Å². The van der Waals surface area contributed by atoms with E-state index in [0.29, 0.717) is 11.1 Å². The average molecular weight is 266 g/mol. The Balaban J connectivity index is 1.95. The van der Waals surface area contributed by atoms with Gasteiger partial charge in [0.1, 0.15) is 0 Å². The number of Topliss-reactive ketones (excluding diaryl/α,β-unsaturated/α-hetero) is 1. The molecule has 20 heavy (non-hydrogen) atoms. The van der Waals surface area contributed by atoms with Crippen molar-refractivity contribution in [1.82, 2.24) is 14.8 Å². The van der Waals surface area contributed by atoms with Crippen molar-refractivity contribution < 1.29 is 4.79 Å². The van der Waals surface area contributed by atoms with E-state index in [1.807, 2.05) is 18.2 Å². The lowest BCUT2D eigenvalue weighted by atomic mass is 9.99. The van der Waals surface area contributed by atoms with E-state index in [0.717, 1.165) is 10.9 Å². The van der Waals surface area contributed by atoms with Gasteiger partial charge < -0.3 is 5.73 Å². The van der Waals surface area contributed by atoms with Gasteiger partial charge in [0.05, 0.1) is 17.8 Å². The first-order valence-electron chi connectivity index (χ1n) is 6.28. The molecule has 1 aromatic carbocycles. The topological polar surface area (TPSA) is 73.8 Å². The fraction of sp³-hybridized carbons (Fsp3) is 0.133. The van der Waals surface area contributed by atoms with E-state index in [2.05, 4.69) is 10.1 Å². The Hall–Kier alpha value is -2.53. The highest BCUT2D eigenvalue weighted by Crippen LogP contribution is 2.19. The van der Waals surface area contributed by atoms with E-state index in [1.54, 1.807) is 42.5 Å². The molecule has 0 spiro atoms. The van der Waals surface area contributed by atoms with E-state index in [-0.39, 0.29) is 5.78 Å². The van der Waals surface area contributed by atoms with Crippen LogP contribution in [0.3, 0.4) is 0 Å². The number of pyridine rings is 1. The summed E-state index contributed by atoms with van der Waals surface area (Å²) in [5.74, 6) is -0.134. The van der Waals surface area contributed by atoms with Crippen LogP contribution in [0.2, 0.25) is 0 Å². The zero-order valence-electron chi connectivity index (χ0n) is 11.0. The number of hydrogen-bond donors (Lipinski definition) is 1. The molecule has 0 aliphatic rings. The minimum Gasteiger partial charge on any atom is -0.317 e. The molecule has 2 N–H and O–H groups in total. The van der Waals surface area contributed by atoms with E-state index in [4.69, 9.17) is 5.73 Å². The van der Waals surface area contributed by atoms with Gasteiger partial charge in [-0.3, -0.25) is 14.5 Å². The molecule has 0 aliphatic heterocycles. The maximum absolute atomic E-state index is 12.4. The molecule has 5 heteroatoms. The average Bonchev–Trinajstić information content (AvgIpc) is 2.92. The van der Waals surface area contributed by atoms with Gasteiger partial charge in [0, 0.05) is 36.0 Å². The van der Waals surface area contributed by atoms with Crippen LogP contribution in [0.15, 0.2) is 48.9 Å². The molecule has 3 aromatic rings. The largest absolute Gasteiger partial charge is 0.317 e. The Kier molecular flexibility index (Phi) is 3.04. The molecule has 0 radical (unpaired) electrons. The number of carbonyl (C=O) groups is 1. The maximum Gasteiger partial charge on any atom is 0.184 e. The van der Waals surface area contributed by atoms with Crippen molar-refractivity contribution in [3.8, 4) is 0 Å². The molecule has 0 saturated carbocycles. The van der Waals surface area contributed by atoms with Gasteiger partial charge in [-0.15, -0.1) is 0 Å². The van der Waals surface area contributed by atoms with Crippen LogP contribution in [0.5, 0.6) is 0 Å². The van der Waals surface area contributed by atoms with Gasteiger partial charge >= 0.3 is 0 Å². The molecule has 0 amide bonds. The number of aromatic nitrogens is 3. The molecule has 2 heterocycles. The minimum atomic E-state index is -0.704. The Labute approximate surface area is 116 Å². The number of nitrogens with zero attached hydrogens (tertiary/aromatic N) is 3. The highest BCUT2D eigenvalue weighted by molar-refractivity contribution is 6.02. The molecule has 0 bridgehead atoms. The van der Waals surface area contributed by atoms with E-state index in [9.17, 15) is 4.79 Å². The lowest BCUT2D eigenvalue weighted by molar-refractivity contribution is 0.0961. The minimum absolute atomic E-state index is 0.134. The molecule has 5 nitrogen and oxygen atoms in total. The number of carbonyl (C=O) groups excluding carboxylic acids is 1. The van der Waals surface area contributed by atoms with Gasteiger partial charge in [0.15, 0.2) is 5.78 Å². The summed E-state index contributed by atoms with van der Waals surface area (Å²) in [7, 11) is 1.79. The number of aryl methyl sites for hydroxylation is 1. The van der Waals surface area contributed by atoms with Crippen LogP contribution in [0.4, 0.5) is 0 Å². The van der Waals surface area contributed by atoms with Crippen molar-refractivity contribution in [3.63, 3.8) is 0 Å². The van der Waals surface area contributed by atoms with Gasteiger partial charge in [-0.05, 0) is 12.1 Å². The van der Waals surface area contributed by atoms with Crippen molar-refractivity contribution in [1.29, 1.82) is 0 Å². The van der Waals surface area contributed by atoms with E-state index in [1.165, 1.54) is 0 Å². The van der Waals surface area contributed by atoms with Crippen LogP contribution in [-0.4, -0.2) is 20.5 Å². The van der Waals surface area contributed by atoms with Crippen LogP contribution in [0.1, 0.15) is 22.0 Å². The lowest BCUT2D eigenvalue weighted by Gasteiger charge is -2.09. The van der Waals surface area contributed by atoms with Crippen LogP contribution < -0.4 is 5.73 Å². The number of ketones is 1. The van der Waals surface area contributed by atoms with Crippen LogP contribution >= 0.6 is 0 Å². The quantitative estimate of drug-likeness (QED) is 0.734. The predicted octanol–water partition coefficient (Wildman–Crippen LogP) is 1.85. The second-order valence-electron chi connectivity index (χ2n) is 4.70. The summed E-state index contributed by atoms with van der Waals surface area (Å²) in [6.45, 7) is 0. The third kappa shape index (κ3) is 2.19. The van der Waals surface area contributed by atoms with E-state index >= 15 is 0 Å². The Morgan fingerprint density at radius 1 is 1.35 bits per heavy atom. The van der Waals surface area contributed by atoms with Crippen molar-refractivity contribution in [3.05, 3.63) is 60.0 Å². The molecule has 0 aliphatic carbocycles. The van der Waals surface area contributed by atoms with Crippen LogP contribution in [0.25, 0.3) is 10.9 Å². The van der Waals surface area contributed by atoms with Gasteiger partial charge in [-0.1, -0.05) is 18.2 Å². The highest BCUT2D eigenvalue weighted by Gasteiger charge is 2.19. The monoisotopic (exact) mass is 266 g/mol. The number of rotatable bonds is 3. The zero-order chi connectivity index (χ0) is 14.1. The first kappa shape index (κ1) is 12.5. The third-order valence-corrected chi connectivity index (χ3v) is 3.26. The molecule has 1 atom stereocenters. The molecule has 100 valence electrons. The first-order chi connectivity index (χ1) is 9.65. The van der Waals surface area contributed by atoms with Crippen LogP contribution in [-0.2, 0) is 7.05 Å². The Morgan fingerprint density at radius 2 is 2.20 bits per heavy atom. The lowest BCUT2D eigenvalue weighted by Crippen LogP contribution is -2.21. The number of hydrogen-bond acceptors (Lipinski definition) is 4. The summed E-state index contributed by atoms with van der Waals surface area (Å²) in [6, 6.07) is 8.55. The fourth-order valence-electron chi connectivity index (χ4n) is 2.15. The van der Waals surface area contributed by atoms with Crippen LogP contribution in [0, 0.1) is 0 Å². The molecule has 1 unspecified atom stereocenters. The molecule has 3 rings (SSSR count).